The monoisotopic (exact) mass is 350 g/mol. The Kier molecular flexibility index (Phi) is 5.96. The second-order valence-electron chi connectivity index (χ2n) is 6.00. The number of benzene rings is 2. The normalized spacial score (nSPS) is 10.6. The highest BCUT2D eigenvalue weighted by atomic mass is 32.1. The highest BCUT2D eigenvalue weighted by Gasteiger charge is 2.18. The van der Waals surface area contributed by atoms with Gasteiger partial charge in [0.1, 0.15) is 5.69 Å². The Bertz CT molecular complexity index is 799. The number of nitrogens with zero attached hydrogens (tertiary/aromatic N) is 2. The average Bonchev–Trinajstić information content (AvgIpc) is 3.11. The highest BCUT2D eigenvalue weighted by molar-refractivity contribution is 7.09. The molecule has 0 spiro atoms. The van der Waals surface area contributed by atoms with Crippen molar-refractivity contribution in [2.45, 2.75) is 26.3 Å². The van der Waals surface area contributed by atoms with Crippen molar-refractivity contribution in [2.75, 3.05) is 6.54 Å². The molecule has 4 heteroatoms. The van der Waals surface area contributed by atoms with E-state index >= 15 is 0 Å². The summed E-state index contributed by atoms with van der Waals surface area (Å²) >= 11 is 1.56. The first-order valence-corrected chi connectivity index (χ1v) is 9.45. The van der Waals surface area contributed by atoms with Gasteiger partial charge in [-0.1, -0.05) is 67.6 Å². The first-order valence-electron chi connectivity index (χ1n) is 8.58. The van der Waals surface area contributed by atoms with Crippen LogP contribution in [0.25, 0.3) is 0 Å². The van der Waals surface area contributed by atoms with Gasteiger partial charge in [-0.3, -0.25) is 4.79 Å². The summed E-state index contributed by atoms with van der Waals surface area (Å²) in [6.07, 6.45) is 1.70. The molecule has 1 heterocycles. The van der Waals surface area contributed by atoms with Crippen molar-refractivity contribution in [1.82, 2.24) is 9.88 Å². The van der Waals surface area contributed by atoms with Crippen LogP contribution in [0, 0.1) is 0 Å². The van der Waals surface area contributed by atoms with E-state index in [0.29, 0.717) is 12.2 Å². The van der Waals surface area contributed by atoms with Crippen molar-refractivity contribution in [1.29, 1.82) is 0 Å². The molecule has 0 unspecified atom stereocenters. The fraction of sp³-hybridized carbons (Fsp3) is 0.238. The molecule has 0 bridgehead atoms. The summed E-state index contributed by atoms with van der Waals surface area (Å²) in [6, 6.07) is 20.3. The lowest BCUT2D eigenvalue weighted by Crippen LogP contribution is -2.31. The van der Waals surface area contributed by atoms with Gasteiger partial charge in [0.15, 0.2) is 0 Å². The van der Waals surface area contributed by atoms with E-state index in [4.69, 9.17) is 0 Å². The third-order valence-corrected chi connectivity index (χ3v) is 4.81. The number of carbonyl (C=O) groups is 1. The van der Waals surface area contributed by atoms with Crippen molar-refractivity contribution >= 4 is 17.2 Å². The fourth-order valence-corrected chi connectivity index (χ4v) is 3.55. The molecule has 0 aliphatic rings. The van der Waals surface area contributed by atoms with Gasteiger partial charge in [0.05, 0.1) is 5.01 Å². The Morgan fingerprint density at radius 1 is 1.00 bits per heavy atom. The third kappa shape index (κ3) is 4.77. The maximum Gasteiger partial charge on any atom is 0.273 e. The van der Waals surface area contributed by atoms with Crippen LogP contribution in [0.5, 0.6) is 0 Å². The van der Waals surface area contributed by atoms with Gasteiger partial charge in [0.25, 0.3) is 5.91 Å². The SMILES string of the molecule is CCCN(Cc1ccccc1)C(=O)c1csc(Cc2ccccc2)n1. The van der Waals surface area contributed by atoms with Gasteiger partial charge in [-0.05, 0) is 17.5 Å². The summed E-state index contributed by atoms with van der Waals surface area (Å²) in [7, 11) is 0. The molecule has 0 aliphatic carbocycles. The van der Waals surface area contributed by atoms with Crippen molar-refractivity contribution in [3.63, 3.8) is 0 Å². The predicted molar refractivity (Wildman–Crippen MR) is 103 cm³/mol. The summed E-state index contributed by atoms with van der Waals surface area (Å²) in [5, 5.41) is 2.86. The minimum atomic E-state index is 0.0151. The molecule has 0 atom stereocenters. The quantitative estimate of drug-likeness (QED) is 0.614. The molecule has 0 fully saturated rings. The van der Waals surface area contributed by atoms with Gasteiger partial charge >= 0.3 is 0 Å². The van der Waals surface area contributed by atoms with Crippen LogP contribution in [-0.4, -0.2) is 22.3 Å². The molecule has 1 amide bonds. The Morgan fingerprint density at radius 3 is 2.28 bits per heavy atom. The largest absolute Gasteiger partial charge is 0.333 e. The smallest absolute Gasteiger partial charge is 0.273 e. The van der Waals surface area contributed by atoms with Crippen LogP contribution in [-0.2, 0) is 13.0 Å². The number of rotatable bonds is 7. The summed E-state index contributed by atoms with van der Waals surface area (Å²) in [5.41, 5.74) is 2.91. The van der Waals surface area contributed by atoms with Crippen LogP contribution in [0.2, 0.25) is 0 Å². The summed E-state index contributed by atoms with van der Waals surface area (Å²) in [6.45, 7) is 3.45. The molecule has 0 radical (unpaired) electrons. The summed E-state index contributed by atoms with van der Waals surface area (Å²) in [4.78, 5) is 19.3. The number of thiazole rings is 1. The second-order valence-corrected chi connectivity index (χ2v) is 6.94. The number of hydrogen-bond donors (Lipinski definition) is 0. The van der Waals surface area contributed by atoms with Gasteiger partial charge in [-0.25, -0.2) is 4.98 Å². The van der Waals surface area contributed by atoms with E-state index in [1.54, 1.807) is 11.3 Å². The molecule has 0 saturated heterocycles. The zero-order chi connectivity index (χ0) is 17.5. The molecule has 3 aromatic rings. The molecule has 128 valence electrons. The van der Waals surface area contributed by atoms with Gasteiger partial charge in [-0.15, -0.1) is 11.3 Å². The summed E-state index contributed by atoms with van der Waals surface area (Å²) < 4.78 is 0. The highest BCUT2D eigenvalue weighted by Crippen LogP contribution is 2.17. The molecule has 3 rings (SSSR count). The van der Waals surface area contributed by atoms with E-state index in [0.717, 1.165) is 30.0 Å². The van der Waals surface area contributed by atoms with Crippen LogP contribution in [0.4, 0.5) is 0 Å². The third-order valence-electron chi connectivity index (χ3n) is 3.97. The maximum atomic E-state index is 12.9. The lowest BCUT2D eigenvalue weighted by molar-refractivity contribution is 0.0738. The van der Waals surface area contributed by atoms with E-state index in [1.165, 1.54) is 5.56 Å². The molecule has 0 N–H and O–H groups in total. The molecule has 1 aromatic heterocycles. The van der Waals surface area contributed by atoms with E-state index in [-0.39, 0.29) is 5.91 Å². The van der Waals surface area contributed by atoms with Crippen molar-refractivity contribution < 1.29 is 4.79 Å². The van der Waals surface area contributed by atoms with Crippen molar-refractivity contribution in [3.8, 4) is 0 Å². The van der Waals surface area contributed by atoms with Gasteiger partial charge in [0.2, 0.25) is 0 Å². The zero-order valence-corrected chi connectivity index (χ0v) is 15.2. The Hall–Kier alpha value is -2.46. The minimum absolute atomic E-state index is 0.0151. The van der Waals surface area contributed by atoms with Gasteiger partial charge in [0, 0.05) is 24.9 Å². The van der Waals surface area contributed by atoms with E-state index in [9.17, 15) is 4.79 Å². The molecule has 25 heavy (non-hydrogen) atoms. The van der Waals surface area contributed by atoms with Crippen LogP contribution in [0.1, 0.15) is 40.0 Å². The Balaban J connectivity index is 1.71. The van der Waals surface area contributed by atoms with Gasteiger partial charge in [-0.2, -0.15) is 0 Å². The van der Waals surface area contributed by atoms with E-state index < -0.39 is 0 Å². The summed E-state index contributed by atoms with van der Waals surface area (Å²) in [5.74, 6) is 0.0151. The number of hydrogen-bond acceptors (Lipinski definition) is 3. The molecule has 0 aliphatic heterocycles. The van der Waals surface area contributed by atoms with Crippen LogP contribution in [0.3, 0.4) is 0 Å². The topological polar surface area (TPSA) is 33.2 Å². The number of carbonyl (C=O) groups excluding carboxylic acids is 1. The fourth-order valence-electron chi connectivity index (χ4n) is 2.75. The Morgan fingerprint density at radius 2 is 1.64 bits per heavy atom. The standard InChI is InChI=1S/C21H22N2OS/c1-2-13-23(15-18-11-7-4-8-12-18)21(24)19-16-25-20(22-19)14-17-9-5-3-6-10-17/h3-12,16H,2,13-15H2,1H3. The van der Waals surface area contributed by atoms with Crippen LogP contribution >= 0.6 is 11.3 Å². The van der Waals surface area contributed by atoms with Crippen LogP contribution < -0.4 is 0 Å². The molecular weight excluding hydrogens is 328 g/mol. The first-order chi connectivity index (χ1) is 12.3. The predicted octanol–water partition coefficient (Wildman–Crippen LogP) is 4.79. The first kappa shape index (κ1) is 17.4. The lowest BCUT2D eigenvalue weighted by atomic mass is 10.2. The zero-order valence-electron chi connectivity index (χ0n) is 14.4. The van der Waals surface area contributed by atoms with Gasteiger partial charge < -0.3 is 4.90 Å². The Labute approximate surface area is 153 Å². The minimum Gasteiger partial charge on any atom is -0.333 e. The average molecular weight is 350 g/mol. The number of aromatic nitrogens is 1. The molecule has 0 saturated carbocycles. The second kappa shape index (κ2) is 8.58. The van der Waals surface area contributed by atoms with Crippen LogP contribution in [0.15, 0.2) is 66.0 Å². The molecule has 2 aromatic carbocycles. The van der Waals surface area contributed by atoms with Crippen molar-refractivity contribution in [2.24, 2.45) is 0 Å². The maximum absolute atomic E-state index is 12.9. The van der Waals surface area contributed by atoms with E-state index in [2.05, 4.69) is 36.2 Å². The van der Waals surface area contributed by atoms with E-state index in [1.807, 2.05) is 46.7 Å². The molecule has 3 nitrogen and oxygen atoms in total. The lowest BCUT2D eigenvalue weighted by Gasteiger charge is -2.21. The molecular formula is C21H22N2OS. The van der Waals surface area contributed by atoms with Crippen molar-refractivity contribution in [3.05, 3.63) is 87.9 Å². The number of amides is 1.